The van der Waals surface area contributed by atoms with Gasteiger partial charge in [-0.2, -0.15) is 0 Å². The zero-order valence-electron chi connectivity index (χ0n) is 14.6. The Morgan fingerprint density at radius 3 is 2.12 bits per heavy atom. The van der Waals surface area contributed by atoms with Gasteiger partial charge < -0.3 is 14.2 Å². The van der Waals surface area contributed by atoms with Crippen LogP contribution in [0.3, 0.4) is 0 Å². The zero-order valence-corrected chi connectivity index (χ0v) is 14.6. The first-order chi connectivity index (χ1) is 12.5. The molecular weight excluding hydrogens is 332 g/mol. The minimum atomic E-state index is -0.476. The van der Waals surface area contributed by atoms with Crippen LogP contribution in [0.25, 0.3) is 21.9 Å². The van der Waals surface area contributed by atoms with Gasteiger partial charge in [0, 0.05) is 18.1 Å². The predicted molar refractivity (Wildman–Crippen MR) is 97.2 cm³/mol. The van der Waals surface area contributed by atoms with Crippen molar-refractivity contribution in [2.75, 3.05) is 14.2 Å². The van der Waals surface area contributed by atoms with Crippen LogP contribution in [-0.2, 0) is 4.79 Å². The second-order valence-corrected chi connectivity index (χ2v) is 6.02. The van der Waals surface area contributed by atoms with E-state index in [0.29, 0.717) is 22.6 Å². The maximum absolute atomic E-state index is 13.0. The predicted octanol–water partition coefficient (Wildman–Crippen LogP) is 3.99. The van der Waals surface area contributed by atoms with Gasteiger partial charge in [-0.25, -0.2) is 0 Å². The van der Waals surface area contributed by atoms with Crippen LogP contribution in [0, 0.1) is 0 Å². The molecule has 0 N–H and O–H groups in total. The second kappa shape index (κ2) is 5.88. The molecule has 5 heteroatoms. The number of hydrogen-bond donors (Lipinski definition) is 0. The van der Waals surface area contributed by atoms with E-state index in [0.717, 1.165) is 21.9 Å². The summed E-state index contributed by atoms with van der Waals surface area (Å²) in [6.07, 6.45) is 0. The van der Waals surface area contributed by atoms with Crippen molar-refractivity contribution in [2.45, 2.75) is 6.92 Å². The van der Waals surface area contributed by atoms with Gasteiger partial charge in [0.25, 0.3) is 0 Å². The number of carbonyl (C=O) groups is 2. The van der Waals surface area contributed by atoms with Gasteiger partial charge in [-0.05, 0) is 34.5 Å². The highest BCUT2D eigenvalue weighted by molar-refractivity contribution is 6.27. The van der Waals surface area contributed by atoms with Crippen molar-refractivity contribution in [3.8, 4) is 28.4 Å². The van der Waals surface area contributed by atoms with Crippen molar-refractivity contribution in [1.82, 2.24) is 0 Å². The molecule has 0 atom stereocenters. The summed E-state index contributed by atoms with van der Waals surface area (Å²) in [6, 6.07) is 12.7. The lowest BCUT2D eigenvalue weighted by molar-refractivity contribution is -0.131. The second-order valence-electron chi connectivity index (χ2n) is 6.02. The zero-order chi connectivity index (χ0) is 18.4. The van der Waals surface area contributed by atoms with E-state index in [1.165, 1.54) is 6.92 Å². The van der Waals surface area contributed by atoms with Crippen LogP contribution in [0.2, 0.25) is 0 Å². The summed E-state index contributed by atoms with van der Waals surface area (Å²) in [5.74, 6) is 0.762. The molecule has 0 spiro atoms. The molecule has 5 nitrogen and oxygen atoms in total. The fourth-order valence-corrected chi connectivity index (χ4v) is 3.48. The van der Waals surface area contributed by atoms with Gasteiger partial charge in [-0.15, -0.1) is 0 Å². The topological polar surface area (TPSA) is 61.8 Å². The van der Waals surface area contributed by atoms with Crippen molar-refractivity contribution in [2.24, 2.45) is 0 Å². The summed E-state index contributed by atoms with van der Waals surface area (Å²) in [7, 11) is 3.12. The number of ketones is 1. The Hall–Kier alpha value is -3.34. The average Bonchev–Trinajstić information content (AvgIpc) is 2.94. The maximum Gasteiger partial charge on any atom is 0.308 e. The van der Waals surface area contributed by atoms with Crippen molar-refractivity contribution in [3.63, 3.8) is 0 Å². The molecule has 1 aliphatic carbocycles. The number of fused-ring (bicyclic) bond motifs is 5. The first kappa shape index (κ1) is 16.1. The highest BCUT2D eigenvalue weighted by Crippen LogP contribution is 2.48. The maximum atomic E-state index is 13.0. The van der Waals surface area contributed by atoms with Crippen molar-refractivity contribution < 1.29 is 23.8 Å². The van der Waals surface area contributed by atoms with Gasteiger partial charge >= 0.3 is 5.97 Å². The number of carbonyl (C=O) groups excluding carboxylic acids is 2. The third-order valence-electron chi connectivity index (χ3n) is 4.53. The molecule has 0 saturated heterocycles. The molecule has 1 aliphatic rings. The van der Waals surface area contributed by atoms with Crippen molar-refractivity contribution >= 4 is 22.5 Å². The first-order valence-electron chi connectivity index (χ1n) is 8.10. The lowest BCUT2D eigenvalue weighted by Gasteiger charge is -2.14. The number of methoxy groups -OCH3 is 2. The number of benzene rings is 3. The molecule has 0 bridgehead atoms. The molecule has 130 valence electrons. The quantitative estimate of drug-likeness (QED) is 0.414. The van der Waals surface area contributed by atoms with Gasteiger partial charge in [-0.3, -0.25) is 9.59 Å². The van der Waals surface area contributed by atoms with E-state index >= 15 is 0 Å². The van der Waals surface area contributed by atoms with E-state index in [2.05, 4.69) is 0 Å². The average molecular weight is 348 g/mol. The summed E-state index contributed by atoms with van der Waals surface area (Å²) in [5.41, 5.74) is 2.57. The van der Waals surface area contributed by atoms with Crippen LogP contribution in [0.1, 0.15) is 22.8 Å². The van der Waals surface area contributed by atoms with Gasteiger partial charge in [0.15, 0.2) is 17.3 Å². The number of rotatable bonds is 3. The van der Waals surface area contributed by atoms with Crippen LogP contribution in [0.15, 0.2) is 42.5 Å². The SMILES string of the molecule is COc1cc2cc(OC(C)=O)c3c(c2cc1OC)-c1ccccc1C3=O. The van der Waals surface area contributed by atoms with Crippen LogP contribution in [0.4, 0.5) is 0 Å². The molecule has 3 aromatic carbocycles. The Morgan fingerprint density at radius 2 is 1.46 bits per heavy atom. The summed E-state index contributed by atoms with van der Waals surface area (Å²) < 4.78 is 16.2. The van der Waals surface area contributed by atoms with E-state index < -0.39 is 5.97 Å². The lowest BCUT2D eigenvalue weighted by Crippen LogP contribution is -2.07. The van der Waals surface area contributed by atoms with Gasteiger partial charge in [0.05, 0.1) is 19.8 Å². The van der Waals surface area contributed by atoms with Gasteiger partial charge in [-0.1, -0.05) is 24.3 Å². The monoisotopic (exact) mass is 348 g/mol. The smallest absolute Gasteiger partial charge is 0.308 e. The molecule has 0 unspecified atom stereocenters. The Kier molecular flexibility index (Phi) is 3.65. The Balaban J connectivity index is 2.14. The Morgan fingerprint density at radius 1 is 0.846 bits per heavy atom. The van der Waals surface area contributed by atoms with E-state index in [9.17, 15) is 9.59 Å². The van der Waals surface area contributed by atoms with E-state index in [1.807, 2.05) is 30.3 Å². The summed E-state index contributed by atoms with van der Waals surface area (Å²) >= 11 is 0. The third kappa shape index (κ3) is 2.24. The number of ether oxygens (including phenoxy) is 3. The molecule has 26 heavy (non-hydrogen) atoms. The Bertz CT molecular complexity index is 1080. The van der Waals surface area contributed by atoms with Crippen LogP contribution < -0.4 is 14.2 Å². The highest BCUT2D eigenvalue weighted by atomic mass is 16.5. The van der Waals surface area contributed by atoms with Crippen LogP contribution in [0.5, 0.6) is 17.2 Å². The summed E-state index contributed by atoms with van der Waals surface area (Å²) in [6.45, 7) is 1.32. The largest absolute Gasteiger partial charge is 0.493 e. The fourth-order valence-electron chi connectivity index (χ4n) is 3.48. The molecule has 0 amide bonds. The fraction of sp³-hybridized carbons (Fsp3) is 0.143. The van der Waals surface area contributed by atoms with E-state index in [4.69, 9.17) is 14.2 Å². The van der Waals surface area contributed by atoms with Gasteiger partial charge in [0.1, 0.15) is 5.75 Å². The van der Waals surface area contributed by atoms with Crippen molar-refractivity contribution in [1.29, 1.82) is 0 Å². The van der Waals surface area contributed by atoms with Gasteiger partial charge in [0.2, 0.25) is 0 Å². The lowest BCUT2D eigenvalue weighted by atomic mass is 9.96. The van der Waals surface area contributed by atoms with Crippen molar-refractivity contribution in [3.05, 3.63) is 53.6 Å². The molecule has 0 fully saturated rings. The van der Waals surface area contributed by atoms with E-state index in [1.54, 1.807) is 26.4 Å². The number of hydrogen-bond acceptors (Lipinski definition) is 5. The van der Waals surface area contributed by atoms with Crippen LogP contribution >= 0.6 is 0 Å². The Labute approximate surface area is 150 Å². The molecule has 0 saturated carbocycles. The molecule has 0 aliphatic heterocycles. The molecule has 3 aromatic rings. The molecule has 4 rings (SSSR count). The summed E-state index contributed by atoms with van der Waals surface area (Å²) in [5, 5.41) is 1.63. The summed E-state index contributed by atoms with van der Waals surface area (Å²) in [4.78, 5) is 24.5. The molecule has 0 radical (unpaired) electrons. The first-order valence-corrected chi connectivity index (χ1v) is 8.10. The minimum absolute atomic E-state index is 0.150. The highest BCUT2D eigenvalue weighted by Gasteiger charge is 2.32. The van der Waals surface area contributed by atoms with E-state index in [-0.39, 0.29) is 11.5 Å². The standard InChI is InChI=1S/C21H16O5/c1-11(22)26-18-9-12-8-16(24-2)17(25-3)10-15(12)19-13-6-4-5-7-14(13)21(23)20(18)19/h4-10H,1-3H3. The molecular formula is C21H16O5. The third-order valence-corrected chi connectivity index (χ3v) is 4.53. The molecule has 0 heterocycles. The normalized spacial score (nSPS) is 11.9. The minimum Gasteiger partial charge on any atom is -0.493 e. The number of esters is 1. The molecule has 0 aromatic heterocycles. The van der Waals surface area contributed by atoms with Crippen LogP contribution in [-0.4, -0.2) is 26.0 Å².